The molecule has 8 heteroatoms. The molecule has 0 aliphatic carbocycles. The van der Waals surface area contributed by atoms with E-state index < -0.39 is 36.4 Å². The largest absolute Gasteiger partial charge is 0.388 e. The molecule has 1 fully saturated rings. The van der Waals surface area contributed by atoms with Gasteiger partial charge in [-0.3, -0.25) is 9.78 Å². The van der Waals surface area contributed by atoms with Crippen molar-refractivity contribution in [3.63, 3.8) is 0 Å². The second-order valence-electron chi connectivity index (χ2n) is 5.35. The lowest BCUT2D eigenvalue weighted by molar-refractivity contribution is -0.221. The number of ether oxygens (including phenoxy) is 1. The molecule has 1 aliphatic heterocycles. The third-order valence-corrected chi connectivity index (χ3v) is 3.73. The SMILES string of the molecule is CN(Cc1ccncc1)C(=O)[C@H]1O[C@@H](CN)[C@H](O)[C@@H](O)[C@H]1O. The molecule has 0 saturated carbocycles. The highest BCUT2D eigenvalue weighted by Crippen LogP contribution is 2.22. The maximum absolute atomic E-state index is 12.4. The van der Waals surface area contributed by atoms with E-state index in [4.69, 9.17) is 10.5 Å². The summed E-state index contributed by atoms with van der Waals surface area (Å²) in [4.78, 5) is 17.7. The number of aliphatic hydroxyl groups excluding tert-OH is 3. The Morgan fingerprint density at radius 2 is 1.91 bits per heavy atom. The second-order valence-corrected chi connectivity index (χ2v) is 5.35. The number of amides is 1. The normalized spacial score (nSPS) is 31.8. The first-order chi connectivity index (χ1) is 10.5. The van der Waals surface area contributed by atoms with Crippen molar-refractivity contribution in [1.29, 1.82) is 0 Å². The van der Waals surface area contributed by atoms with Crippen molar-refractivity contribution in [3.8, 4) is 0 Å². The monoisotopic (exact) mass is 311 g/mol. The molecule has 1 amide bonds. The third kappa shape index (κ3) is 3.42. The van der Waals surface area contributed by atoms with Crippen LogP contribution in [0.25, 0.3) is 0 Å². The molecule has 0 radical (unpaired) electrons. The predicted molar refractivity (Wildman–Crippen MR) is 76.4 cm³/mol. The fourth-order valence-corrected chi connectivity index (χ4v) is 2.41. The molecule has 2 heterocycles. The average molecular weight is 311 g/mol. The zero-order chi connectivity index (χ0) is 16.3. The minimum Gasteiger partial charge on any atom is -0.388 e. The van der Waals surface area contributed by atoms with Gasteiger partial charge in [0.25, 0.3) is 5.91 Å². The quantitative estimate of drug-likeness (QED) is 0.499. The number of likely N-dealkylation sites (N-methyl/N-ethyl adjacent to an activating group) is 1. The molecule has 0 spiro atoms. The Bertz CT molecular complexity index is 499. The van der Waals surface area contributed by atoms with Crippen LogP contribution in [-0.4, -0.2) is 75.2 Å². The number of rotatable bonds is 4. The van der Waals surface area contributed by atoms with Crippen LogP contribution < -0.4 is 5.73 Å². The molecule has 0 aromatic carbocycles. The number of carbonyl (C=O) groups is 1. The third-order valence-electron chi connectivity index (χ3n) is 3.73. The van der Waals surface area contributed by atoms with Gasteiger partial charge in [-0.1, -0.05) is 0 Å². The number of carbonyl (C=O) groups excluding carboxylic acids is 1. The van der Waals surface area contributed by atoms with Crippen LogP contribution in [0.1, 0.15) is 5.56 Å². The van der Waals surface area contributed by atoms with E-state index in [2.05, 4.69) is 4.98 Å². The van der Waals surface area contributed by atoms with Gasteiger partial charge in [0.05, 0.1) is 6.10 Å². The van der Waals surface area contributed by atoms with Gasteiger partial charge in [0, 0.05) is 32.5 Å². The van der Waals surface area contributed by atoms with E-state index in [0.717, 1.165) is 5.56 Å². The number of pyridine rings is 1. The average Bonchev–Trinajstić information content (AvgIpc) is 2.53. The van der Waals surface area contributed by atoms with Gasteiger partial charge >= 0.3 is 0 Å². The molecule has 8 nitrogen and oxygen atoms in total. The van der Waals surface area contributed by atoms with Crippen LogP contribution in [0.15, 0.2) is 24.5 Å². The predicted octanol–water partition coefficient (Wildman–Crippen LogP) is -2.15. The topological polar surface area (TPSA) is 129 Å². The number of aromatic nitrogens is 1. The van der Waals surface area contributed by atoms with Crippen LogP contribution >= 0.6 is 0 Å². The summed E-state index contributed by atoms with van der Waals surface area (Å²) >= 11 is 0. The Balaban J connectivity index is 2.07. The summed E-state index contributed by atoms with van der Waals surface area (Å²) in [5.41, 5.74) is 6.32. The zero-order valence-corrected chi connectivity index (χ0v) is 12.2. The highest BCUT2D eigenvalue weighted by atomic mass is 16.5. The molecule has 5 atom stereocenters. The van der Waals surface area contributed by atoms with Gasteiger partial charge in [-0.05, 0) is 17.7 Å². The number of nitrogens with two attached hydrogens (primary N) is 1. The van der Waals surface area contributed by atoms with E-state index in [0.29, 0.717) is 6.54 Å². The molecule has 22 heavy (non-hydrogen) atoms. The smallest absolute Gasteiger partial charge is 0.254 e. The number of nitrogens with zero attached hydrogens (tertiary/aromatic N) is 2. The van der Waals surface area contributed by atoms with E-state index in [9.17, 15) is 20.1 Å². The van der Waals surface area contributed by atoms with Crippen LogP contribution in [0.4, 0.5) is 0 Å². The van der Waals surface area contributed by atoms with E-state index in [1.807, 2.05) is 0 Å². The van der Waals surface area contributed by atoms with E-state index in [1.165, 1.54) is 4.90 Å². The Kier molecular flexibility index (Phi) is 5.43. The van der Waals surface area contributed by atoms with Crippen LogP contribution in [0.3, 0.4) is 0 Å². The van der Waals surface area contributed by atoms with Crippen molar-refractivity contribution in [2.75, 3.05) is 13.6 Å². The maximum Gasteiger partial charge on any atom is 0.254 e. The summed E-state index contributed by atoms with van der Waals surface area (Å²) in [6.07, 6.45) is -3.25. The van der Waals surface area contributed by atoms with Crippen molar-refractivity contribution in [2.24, 2.45) is 5.73 Å². The van der Waals surface area contributed by atoms with Crippen molar-refractivity contribution in [1.82, 2.24) is 9.88 Å². The summed E-state index contributed by atoms with van der Waals surface area (Å²) < 4.78 is 5.36. The van der Waals surface area contributed by atoms with Gasteiger partial charge in [0.1, 0.15) is 18.3 Å². The molecular formula is C14H21N3O5. The molecule has 1 aliphatic rings. The molecule has 5 N–H and O–H groups in total. The summed E-state index contributed by atoms with van der Waals surface area (Å²) in [7, 11) is 1.56. The Morgan fingerprint density at radius 1 is 1.27 bits per heavy atom. The lowest BCUT2D eigenvalue weighted by Crippen LogP contribution is -2.62. The van der Waals surface area contributed by atoms with Crippen molar-refractivity contribution in [2.45, 2.75) is 37.1 Å². The summed E-state index contributed by atoms with van der Waals surface area (Å²) in [6, 6.07) is 3.53. The minimum absolute atomic E-state index is 0.0667. The second kappa shape index (κ2) is 7.12. The molecule has 2 rings (SSSR count). The van der Waals surface area contributed by atoms with Crippen LogP contribution in [0, 0.1) is 0 Å². The fraction of sp³-hybridized carbons (Fsp3) is 0.571. The summed E-state index contributed by atoms with van der Waals surface area (Å²) in [5, 5.41) is 29.5. The molecular weight excluding hydrogens is 290 g/mol. The van der Waals surface area contributed by atoms with Gasteiger partial charge in [-0.2, -0.15) is 0 Å². The fourth-order valence-electron chi connectivity index (χ4n) is 2.41. The lowest BCUT2D eigenvalue weighted by Gasteiger charge is -2.40. The van der Waals surface area contributed by atoms with Crippen LogP contribution in [0.2, 0.25) is 0 Å². The number of aliphatic hydroxyl groups is 3. The molecule has 1 saturated heterocycles. The summed E-state index contributed by atoms with van der Waals surface area (Å²) in [5.74, 6) is -0.492. The molecule has 1 aromatic heterocycles. The first-order valence-electron chi connectivity index (χ1n) is 6.99. The van der Waals surface area contributed by atoms with Crippen LogP contribution in [-0.2, 0) is 16.1 Å². The molecule has 1 aromatic rings. The first-order valence-corrected chi connectivity index (χ1v) is 6.99. The number of hydrogen-bond donors (Lipinski definition) is 4. The van der Waals surface area contributed by atoms with Crippen LogP contribution in [0.5, 0.6) is 0 Å². The Labute approximate surface area is 128 Å². The van der Waals surface area contributed by atoms with Crippen molar-refractivity contribution in [3.05, 3.63) is 30.1 Å². The highest BCUT2D eigenvalue weighted by molar-refractivity contribution is 5.81. The van der Waals surface area contributed by atoms with Gasteiger partial charge in [-0.25, -0.2) is 0 Å². The standard InChI is InChI=1S/C14H21N3O5/c1-17(7-8-2-4-16-5-3-8)14(21)13-12(20)11(19)10(18)9(6-15)22-13/h2-5,9-13,18-20H,6-7,15H2,1H3/t9-,10-,11+,12+,13-/m0/s1. The number of hydrogen-bond acceptors (Lipinski definition) is 7. The van der Waals surface area contributed by atoms with Gasteiger partial charge in [0.2, 0.25) is 0 Å². The van der Waals surface area contributed by atoms with Crippen molar-refractivity contribution < 1.29 is 24.9 Å². The highest BCUT2D eigenvalue weighted by Gasteiger charge is 2.46. The summed E-state index contributed by atoms with van der Waals surface area (Å²) in [6.45, 7) is 0.239. The minimum atomic E-state index is -1.51. The Hall–Kier alpha value is -1.58. The van der Waals surface area contributed by atoms with Gasteiger partial charge < -0.3 is 30.7 Å². The van der Waals surface area contributed by atoms with Crippen molar-refractivity contribution >= 4 is 5.91 Å². The molecule has 0 bridgehead atoms. The Morgan fingerprint density at radius 3 is 2.50 bits per heavy atom. The van der Waals surface area contributed by atoms with E-state index >= 15 is 0 Å². The maximum atomic E-state index is 12.4. The van der Waals surface area contributed by atoms with E-state index in [-0.39, 0.29) is 6.54 Å². The lowest BCUT2D eigenvalue weighted by atomic mass is 9.94. The first kappa shape index (κ1) is 16.8. The van der Waals surface area contributed by atoms with Gasteiger partial charge in [0.15, 0.2) is 6.10 Å². The molecule has 0 unspecified atom stereocenters. The molecule has 122 valence electrons. The zero-order valence-electron chi connectivity index (χ0n) is 12.2. The van der Waals surface area contributed by atoms with Gasteiger partial charge in [-0.15, -0.1) is 0 Å². The van der Waals surface area contributed by atoms with E-state index in [1.54, 1.807) is 31.6 Å².